The van der Waals surface area contributed by atoms with E-state index in [9.17, 15) is 13.2 Å². The van der Waals surface area contributed by atoms with E-state index in [2.05, 4.69) is 10.0 Å². The summed E-state index contributed by atoms with van der Waals surface area (Å²) in [4.78, 5) is 11.3. The number of nitrogens with one attached hydrogen (secondary N) is 2. The number of carbonyl (C=O) groups excluding carboxylic acids is 1. The number of sulfonamides is 1. The molecule has 0 spiro atoms. The molecule has 110 valence electrons. The normalized spacial score (nSPS) is 15.2. The van der Waals surface area contributed by atoms with Crippen molar-refractivity contribution in [2.45, 2.75) is 24.3 Å². The molecule has 0 aliphatic carbocycles. The molecule has 8 heteroatoms. The van der Waals surface area contributed by atoms with Crippen LogP contribution in [0.1, 0.15) is 13.8 Å². The first-order valence-corrected chi connectivity index (χ1v) is 7.53. The van der Waals surface area contributed by atoms with E-state index in [1.165, 1.54) is 18.2 Å². The number of nitrogens with two attached hydrogens (primary N) is 1. The molecule has 7 nitrogen and oxygen atoms in total. The van der Waals surface area contributed by atoms with Gasteiger partial charge in [0, 0.05) is 12.1 Å². The second-order valence-corrected chi connectivity index (χ2v) is 6.87. The Morgan fingerprint density at radius 2 is 2.15 bits per heavy atom. The van der Waals surface area contributed by atoms with Gasteiger partial charge >= 0.3 is 0 Å². The summed E-state index contributed by atoms with van der Waals surface area (Å²) >= 11 is 0. The first kappa shape index (κ1) is 14.8. The Balaban J connectivity index is 2.34. The van der Waals surface area contributed by atoms with Crippen LogP contribution >= 0.6 is 0 Å². The van der Waals surface area contributed by atoms with Gasteiger partial charge in [-0.05, 0) is 32.0 Å². The van der Waals surface area contributed by atoms with Gasteiger partial charge in [-0.3, -0.25) is 4.79 Å². The first-order chi connectivity index (χ1) is 9.23. The zero-order valence-electron chi connectivity index (χ0n) is 11.3. The molecule has 1 heterocycles. The van der Waals surface area contributed by atoms with E-state index in [0.29, 0.717) is 11.4 Å². The third-order valence-corrected chi connectivity index (χ3v) is 4.51. The highest BCUT2D eigenvalue weighted by Crippen LogP contribution is 2.30. The summed E-state index contributed by atoms with van der Waals surface area (Å²) in [5, 5.41) is 2.57. The largest absolute Gasteiger partial charge is 0.482 e. The predicted octanol–water partition coefficient (Wildman–Crippen LogP) is 0.0331. The van der Waals surface area contributed by atoms with E-state index in [-0.39, 0.29) is 24.0 Å². The molecule has 1 aromatic rings. The quantitative estimate of drug-likeness (QED) is 0.726. The van der Waals surface area contributed by atoms with Gasteiger partial charge in [-0.15, -0.1) is 0 Å². The van der Waals surface area contributed by atoms with E-state index in [0.717, 1.165) is 0 Å². The maximum atomic E-state index is 12.3. The second kappa shape index (κ2) is 5.04. The van der Waals surface area contributed by atoms with E-state index < -0.39 is 15.6 Å². The van der Waals surface area contributed by atoms with Gasteiger partial charge in [0.05, 0.1) is 10.6 Å². The lowest BCUT2D eigenvalue weighted by Gasteiger charge is -2.24. The summed E-state index contributed by atoms with van der Waals surface area (Å²) in [6, 6.07) is 4.30. The first-order valence-electron chi connectivity index (χ1n) is 6.04. The van der Waals surface area contributed by atoms with Crippen molar-refractivity contribution in [3.8, 4) is 5.75 Å². The Kier molecular flexibility index (Phi) is 3.72. The second-order valence-electron chi connectivity index (χ2n) is 5.19. The van der Waals surface area contributed by atoms with Crippen molar-refractivity contribution >= 4 is 21.6 Å². The van der Waals surface area contributed by atoms with Crippen molar-refractivity contribution in [1.82, 2.24) is 4.72 Å². The topological polar surface area (TPSA) is 111 Å². The van der Waals surface area contributed by atoms with Crippen molar-refractivity contribution in [3.05, 3.63) is 18.2 Å². The average molecular weight is 299 g/mol. The number of hydrogen-bond acceptors (Lipinski definition) is 5. The Morgan fingerprint density at radius 3 is 2.80 bits per heavy atom. The number of hydrogen-bond donors (Lipinski definition) is 3. The number of benzene rings is 1. The van der Waals surface area contributed by atoms with E-state index in [1.54, 1.807) is 13.8 Å². The van der Waals surface area contributed by atoms with Crippen LogP contribution in [-0.4, -0.2) is 33.0 Å². The zero-order valence-corrected chi connectivity index (χ0v) is 12.1. The Hall–Kier alpha value is -1.64. The molecule has 1 amide bonds. The maximum Gasteiger partial charge on any atom is 0.262 e. The van der Waals surface area contributed by atoms with Gasteiger partial charge in [-0.25, -0.2) is 13.1 Å². The van der Waals surface area contributed by atoms with Crippen LogP contribution in [0.2, 0.25) is 0 Å². The summed E-state index contributed by atoms with van der Waals surface area (Å²) < 4.78 is 32.2. The fraction of sp³-hybridized carbons (Fsp3) is 0.417. The van der Waals surface area contributed by atoms with E-state index in [1.807, 2.05) is 0 Å². The average Bonchev–Trinajstić information content (AvgIpc) is 2.36. The van der Waals surface area contributed by atoms with Gasteiger partial charge in [-0.2, -0.15) is 0 Å². The van der Waals surface area contributed by atoms with E-state index >= 15 is 0 Å². The van der Waals surface area contributed by atoms with Crippen molar-refractivity contribution in [3.63, 3.8) is 0 Å². The number of ether oxygens (including phenoxy) is 1. The molecule has 0 bridgehead atoms. The summed E-state index contributed by atoms with van der Waals surface area (Å²) in [5.41, 5.74) is 5.10. The lowest BCUT2D eigenvalue weighted by molar-refractivity contribution is -0.118. The van der Waals surface area contributed by atoms with Gasteiger partial charge in [-0.1, -0.05) is 0 Å². The lowest BCUT2D eigenvalue weighted by Crippen LogP contribution is -2.48. The Bertz CT molecular complexity index is 640. The number of rotatable bonds is 4. The number of fused-ring (bicyclic) bond motifs is 1. The molecule has 1 aliphatic rings. The van der Waals surface area contributed by atoms with Gasteiger partial charge in [0.15, 0.2) is 6.61 Å². The number of amides is 1. The molecular formula is C12H17N3O4S. The molecule has 1 aliphatic heterocycles. The number of anilines is 1. The smallest absolute Gasteiger partial charge is 0.262 e. The molecule has 0 aromatic heterocycles. The fourth-order valence-electron chi connectivity index (χ4n) is 1.69. The molecule has 0 radical (unpaired) electrons. The highest BCUT2D eigenvalue weighted by molar-refractivity contribution is 7.89. The van der Waals surface area contributed by atoms with E-state index in [4.69, 9.17) is 10.5 Å². The van der Waals surface area contributed by atoms with Crippen LogP contribution in [0, 0.1) is 0 Å². The van der Waals surface area contributed by atoms with Crippen LogP contribution < -0.4 is 20.5 Å². The van der Waals surface area contributed by atoms with Crippen LogP contribution in [0.3, 0.4) is 0 Å². The third-order valence-electron chi connectivity index (χ3n) is 2.82. The standard InChI is InChI=1S/C12H17N3O4S/c1-12(2,7-13)15-20(17,18)8-3-4-10-9(5-8)14-11(16)6-19-10/h3-5,15H,6-7,13H2,1-2H3,(H,14,16). The molecule has 2 rings (SSSR count). The molecule has 1 aromatic carbocycles. The van der Waals surface area contributed by atoms with Gasteiger partial charge in [0.25, 0.3) is 5.91 Å². The van der Waals surface area contributed by atoms with Crippen LogP contribution in [0.5, 0.6) is 5.75 Å². The third kappa shape index (κ3) is 3.09. The molecule has 0 saturated heterocycles. The SMILES string of the molecule is CC(C)(CN)NS(=O)(=O)c1ccc2c(c1)NC(=O)CO2. The van der Waals surface area contributed by atoms with Crippen molar-refractivity contribution in [1.29, 1.82) is 0 Å². The highest BCUT2D eigenvalue weighted by atomic mass is 32.2. The van der Waals surface area contributed by atoms with Gasteiger partial charge < -0.3 is 15.8 Å². The summed E-state index contributed by atoms with van der Waals surface area (Å²) in [6.45, 7) is 3.47. The number of carbonyl (C=O) groups is 1. The molecule has 20 heavy (non-hydrogen) atoms. The van der Waals surface area contributed by atoms with Crippen LogP contribution in [0.15, 0.2) is 23.1 Å². The molecular weight excluding hydrogens is 282 g/mol. The van der Waals surface area contributed by atoms with Crippen LogP contribution in [0.25, 0.3) is 0 Å². The minimum Gasteiger partial charge on any atom is -0.482 e. The van der Waals surface area contributed by atoms with Crippen LogP contribution in [-0.2, 0) is 14.8 Å². The van der Waals surface area contributed by atoms with Gasteiger partial charge in [0.1, 0.15) is 5.75 Å². The summed E-state index contributed by atoms with van der Waals surface area (Å²) in [5.74, 6) is 0.129. The monoisotopic (exact) mass is 299 g/mol. The molecule has 0 atom stereocenters. The fourth-order valence-corrected chi connectivity index (χ4v) is 3.14. The zero-order chi connectivity index (χ0) is 15.0. The molecule has 0 saturated carbocycles. The molecule has 4 N–H and O–H groups in total. The van der Waals surface area contributed by atoms with Crippen molar-refractivity contribution in [2.24, 2.45) is 5.73 Å². The van der Waals surface area contributed by atoms with Crippen molar-refractivity contribution in [2.75, 3.05) is 18.5 Å². The maximum absolute atomic E-state index is 12.3. The molecule has 0 fully saturated rings. The van der Waals surface area contributed by atoms with Gasteiger partial charge in [0.2, 0.25) is 10.0 Å². The predicted molar refractivity (Wildman–Crippen MR) is 74.0 cm³/mol. The minimum atomic E-state index is -3.72. The van der Waals surface area contributed by atoms with Crippen LogP contribution in [0.4, 0.5) is 5.69 Å². The summed E-state index contributed by atoms with van der Waals surface area (Å²) in [7, 11) is -3.72. The lowest BCUT2D eigenvalue weighted by atomic mass is 10.1. The highest BCUT2D eigenvalue weighted by Gasteiger charge is 2.26. The minimum absolute atomic E-state index is 0.0450. The summed E-state index contributed by atoms with van der Waals surface area (Å²) in [6.07, 6.45) is 0. The Morgan fingerprint density at radius 1 is 1.45 bits per heavy atom. The molecule has 0 unspecified atom stereocenters. The van der Waals surface area contributed by atoms with Crippen molar-refractivity contribution < 1.29 is 17.9 Å². The Labute approximate surface area is 117 Å².